The number of aromatic nitrogens is 1. The van der Waals surface area contributed by atoms with Crippen molar-refractivity contribution in [3.8, 4) is 0 Å². The van der Waals surface area contributed by atoms with Gasteiger partial charge in [-0.2, -0.15) is 0 Å². The molecule has 0 saturated heterocycles. The molecule has 0 spiro atoms. The highest BCUT2D eigenvalue weighted by molar-refractivity contribution is 5.89. The minimum Gasteiger partial charge on any atom is -0.394 e. The van der Waals surface area contributed by atoms with Gasteiger partial charge in [0.05, 0.1) is 24.5 Å². The van der Waals surface area contributed by atoms with E-state index in [9.17, 15) is 9.90 Å². The van der Waals surface area contributed by atoms with Crippen LogP contribution in [-0.4, -0.2) is 28.8 Å². The third kappa shape index (κ3) is 4.40. The van der Waals surface area contributed by atoms with Crippen LogP contribution >= 0.6 is 0 Å². The summed E-state index contributed by atoms with van der Waals surface area (Å²) in [5, 5.41) is 14.6. The number of aliphatic hydroxyl groups excluding tert-OH is 1. The van der Waals surface area contributed by atoms with Gasteiger partial charge in [0.1, 0.15) is 0 Å². The maximum Gasteiger partial charge on any atom is 0.319 e. The Morgan fingerprint density at radius 1 is 1.53 bits per heavy atom. The van der Waals surface area contributed by atoms with E-state index in [-0.39, 0.29) is 24.1 Å². The number of nitrogens with zero attached hydrogens (tertiary/aromatic N) is 1. The number of nitrogens with one attached hydrogen (secondary N) is 2. The zero-order valence-corrected chi connectivity index (χ0v) is 10.4. The highest BCUT2D eigenvalue weighted by atomic mass is 16.3. The molecule has 1 rings (SSSR count). The highest BCUT2D eigenvalue weighted by Gasteiger charge is 2.25. The number of hydrogen-bond acceptors (Lipinski definition) is 3. The van der Waals surface area contributed by atoms with Crippen LogP contribution < -0.4 is 10.6 Å². The Kier molecular flexibility index (Phi) is 4.45. The smallest absolute Gasteiger partial charge is 0.319 e. The molecule has 0 aromatic carbocycles. The summed E-state index contributed by atoms with van der Waals surface area (Å²) in [6, 6.07) is 2.85. The Labute approximate surface area is 101 Å². The van der Waals surface area contributed by atoms with Gasteiger partial charge in [0.15, 0.2) is 0 Å². The number of aliphatic hydroxyl groups is 1. The minimum atomic E-state index is -0.341. The summed E-state index contributed by atoms with van der Waals surface area (Å²) in [6.45, 7) is 5.78. The number of carbonyl (C=O) groups is 1. The van der Waals surface area contributed by atoms with Crippen LogP contribution in [0.5, 0.6) is 0 Å². The topological polar surface area (TPSA) is 74.2 Å². The predicted molar refractivity (Wildman–Crippen MR) is 66.7 cm³/mol. The first-order chi connectivity index (χ1) is 7.93. The van der Waals surface area contributed by atoms with Crippen molar-refractivity contribution in [2.45, 2.75) is 26.8 Å². The van der Waals surface area contributed by atoms with Gasteiger partial charge in [-0.05, 0) is 17.5 Å². The Morgan fingerprint density at radius 2 is 2.24 bits per heavy atom. The maximum absolute atomic E-state index is 11.7. The molecule has 1 heterocycles. The quantitative estimate of drug-likeness (QED) is 0.747. The summed E-state index contributed by atoms with van der Waals surface area (Å²) >= 11 is 0. The largest absolute Gasteiger partial charge is 0.394 e. The molecule has 0 aliphatic carbocycles. The summed E-state index contributed by atoms with van der Waals surface area (Å²) in [5.74, 6) is 0. The van der Waals surface area contributed by atoms with Crippen LogP contribution in [0.4, 0.5) is 10.5 Å². The van der Waals surface area contributed by atoms with E-state index >= 15 is 0 Å². The zero-order chi connectivity index (χ0) is 12.9. The Morgan fingerprint density at radius 3 is 2.71 bits per heavy atom. The van der Waals surface area contributed by atoms with Crippen molar-refractivity contribution >= 4 is 11.7 Å². The summed E-state index contributed by atoms with van der Waals surface area (Å²) in [6.07, 6.45) is 3.19. The molecule has 0 saturated carbocycles. The van der Waals surface area contributed by atoms with E-state index in [2.05, 4.69) is 15.6 Å². The third-order valence-corrected chi connectivity index (χ3v) is 2.45. The molecule has 0 unspecified atom stereocenters. The van der Waals surface area contributed by atoms with Crippen molar-refractivity contribution < 1.29 is 9.90 Å². The van der Waals surface area contributed by atoms with Crippen molar-refractivity contribution in [3.63, 3.8) is 0 Å². The molecule has 1 aromatic heterocycles. The Balaban J connectivity index is 2.55. The lowest BCUT2D eigenvalue weighted by molar-refractivity contribution is 0.162. The van der Waals surface area contributed by atoms with E-state index in [0.29, 0.717) is 5.69 Å². The molecule has 0 bridgehead atoms. The molecule has 1 aromatic rings. The molecule has 5 nitrogen and oxygen atoms in total. The molecule has 94 valence electrons. The Bertz CT molecular complexity index is 360. The number of amides is 2. The standard InChI is InChI=1S/C12H19N3O2/c1-12(2,3)10(8-16)15-11(17)14-9-5-4-6-13-7-9/h4-7,10,16H,8H2,1-3H3,(H2,14,15,17)/t10-/m1/s1. The number of pyridine rings is 1. The van der Waals surface area contributed by atoms with Crippen LogP contribution in [0.1, 0.15) is 20.8 Å². The predicted octanol–water partition coefficient (Wildman–Crippen LogP) is 1.61. The van der Waals surface area contributed by atoms with E-state index < -0.39 is 0 Å². The molecule has 3 N–H and O–H groups in total. The van der Waals surface area contributed by atoms with Gasteiger partial charge in [-0.3, -0.25) is 4.98 Å². The van der Waals surface area contributed by atoms with Gasteiger partial charge in [-0.1, -0.05) is 20.8 Å². The molecule has 1 atom stereocenters. The number of urea groups is 1. The van der Waals surface area contributed by atoms with E-state index in [0.717, 1.165) is 0 Å². The first-order valence-electron chi connectivity index (χ1n) is 5.52. The molecule has 2 amide bonds. The summed E-state index contributed by atoms with van der Waals surface area (Å²) in [4.78, 5) is 15.6. The first kappa shape index (κ1) is 13.4. The summed E-state index contributed by atoms with van der Waals surface area (Å²) in [7, 11) is 0. The third-order valence-electron chi connectivity index (χ3n) is 2.45. The van der Waals surface area contributed by atoms with Gasteiger partial charge < -0.3 is 15.7 Å². The van der Waals surface area contributed by atoms with E-state index in [1.807, 2.05) is 20.8 Å². The van der Waals surface area contributed by atoms with Crippen molar-refractivity contribution in [1.29, 1.82) is 0 Å². The van der Waals surface area contributed by atoms with Crippen LogP contribution in [0, 0.1) is 5.41 Å². The molecule has 0 aliphatic heterocycles. The van der Waals surface area contributed by atoms with Gasteiger partial charge in [0, 0.05) is 6.20 Å². The molecule has 5 heteroatoms. The molecular weight excluding hydrogens is 218 g/mol. The SMILES string of the molecule is CC(C)(C)[C@@H](CO)NC(=O)Nc1cccnc1. The number of carbonyl (C=O) groups excluding carboxylic acids is 1. The highest BCUT2D eigenvalue weighted by Crippen LogP contribution is 2.18. The fourth-order valence-electron chi connectivity index (χ4n) is 1.30. The molecule has 0 fully saturated rings. The van der Waals surface area contributed by atoms with Crippen molar-refractivity contribution in [1.82, 2.24) is 10.3 Å². The number of rotatable bonds is 3. The zero-order valence-electron chi connectivity index (χ0n) is 10.4. The second-order valence-electron chi connectivity index (χ2n) is 4.94. The van der Waals surface area contributed by atoms with Crippen molar-refractivity contribution in [2.75, 3.05) is 11.9 Å². The fourth-order valence-corrected chi connectivity index (χ4v) is 1.30. The lowest BCUT2D eigenvalue weighted by Crippen LogP contribution is -2.47. The average Bonchev–Trinajstić information content (AvgIpc) is 2.25. The van der Waals surface area contributed by atoms with Gasteiger partial charge in [-0.15, -0.1) is 0 Å². The van der Waals surface area contributed by atoms with Crippen molar-refractivity contribution in [3.05, 3.63) is 24.5 Å². The van der Waals surface area contributed by atoms with Gasteiger partial charge in [0.2, 0.25) is 0 Å². The minimum absolute atomic E-state index is 0.0933. The van der Waals surface area contributed by atoms with Crippen LogP contribution in [-0.2, 0) is 0 Å². The van der Waals surface area contributed by atoms with Crippen LogP contribution in [0.15, 0.2) is 24.5 Å². The molecule has 17 heavy (non-hydrogen) atoms. The molecule has 0 aliphatic rings. The average molecular weight is 237 g/mol. The summed E-state index contributed by atoms with van der Waals surface area (Å²) < 4.78 is 0. The van der Waals surface area contributed by atoms with Crippen LogP contribution in [0.2, 0.25) is 0 Å². The van der Waals surface area contributed by atoms with E-state index in [1.165, 1.54) is 0 Å². The van der Waals surface area contributed by atoms with Crippen LogP contribution in [0.25, 0.3) is 0 Å². The van der Waals surface area contributed by atoms with Crippen molar-refractivity contribution in [2.24, 2.45) is 5.41 Å². The second-order valence-corrected chi connectivity index (χ2v) is 4.94. The van der Waals surface area contributed by atoms with Crippen LogP contribution in [0.3, 0.4) is 0 Å². The maximum atomic E-state index is 11.7. The Hall–Kier alpha value is -1.62. The normalized spacial score (nSPS) is 12.9. The lowest BCUT2D eigenvalue weighted by atomic mass is 9.87. The lowest BCUT2D eigenvalue weighted by Gasteiger charge is -2.29. The van der Waals surface area contributed by atoms with Gasteiger partial charge in [-0.25, -0.2) is 4.79 Å². The number of hydrogen-bond donors (Lipinski definition) is 3. The molecule has 0 radical (unpaired) electrons. The van der Waals surface area contributed by atoms with Gasteiger partial charge in [0.25, 0.3) is 0 Å². The monoisotopic (exact) mass is 237 g/mol. The number of anilines is 1. The summed E-state index contributed by atoms with van der Waals surface area (Å²) in [5.41, 5.74) is 0.428. The van der Waals surface area contributed by atoms with E-state index in [1.54, 1.807) is 24.5 Å². The van der Waals surface area contributed by atoms with E-state index in [4.69, 9.17) is 0 Å². The molecular formula is C12H19N3O2. The van der Waals surface area contributed by atoms with Gasteiger partial charge >= 0.3 is 6.03 Å². The second kappa shape index (κ2) is 5.63. The fraction of sp³-hybridized carbons (Fsp3) is 0.500. The first-order valence-corrected chi connectivity index (χ1v) is 5.52.